The lowest BCUT2D eigenvalue weighted by Gasteiger charge is -2.26. The van der Waals surface area contributed by atoms with Crippen molar-refractivity contribution in [3.63, 3.8) is 0 Å². The van der Waals surface area contributed by atoms with Crippen LogP contribution in [-0.4, -0.2) is 78.7 Å². The molecule has 196 valence electrons. The van der Waals surface area contributed by atoms with Crippen molar-refractivity contribution in [2.75, 3.05) is 63.0 Å². The minimum absolute atomic E-state index is 0.120. The maximum Gasteiger partial charge on any atom is 0.198 e. The van der Waals surface area contributed by atoms with Crippen molar-refractivity contribution in [3.05, 3.63) is 52.8 Å². The number of carbonyl (C=O) groups is 2. The van der Waals surface area contributed by atoms with E-state index in [1.165, 1.54) is 6.20 Å². The standard InChI is InChI=1S/C29H43N5O2/c1-5-15-33(16-6-2)19-13-31-24-9-10-25(32-14-20-34(17-7-3)18-8-4)27-26(24)28(35)22-11-12-30-21-23(22)29(27)36/h9-12,21,31-32H,5-8,13-20H2,1-4H3. The van der Waals surface area contributed by atoms with E-state index in [0.29, 0.717) is 35.3 Å². The summed E-state index contributed by atoms with van der Waals surface area (Å²) in [5, 5.41) is 6.94. The Labute approximate surface area is 216 Å². The van der Waals surface area contributed by atoms with Crippen molar-refractivity contribution in [2.45, 2.75) is 53.4 Å². The zero-order valence-corrected chi connectivity index (χ0v) is 22.5. The van der Waals surface area contributed by atoms with Gasteiger partial charge in [0.1, 0.15) is 0 Å². The van der Waals surface area contributed by atoms with Gasteiger partial charge in [0.15, 0.2) is 11.6 Å². The van der Waals surface area contributed by atoms with Crippen molar-refractivity contribution in [2.24, 2.45) is 0 Å². The number of hydrogen-bond acceptors (Lipinski definition) is 7. The Morgan fingerprint density at radius 1 is 0.639 bits per heavy atom. The molecule has 7 nitrogen and oxygen atoms in total. The van der Waals surface area contributed by atoms with Gasteiger partial charge < -0.3 is 20.4 Å². The number of nitrogens with one attached hydrogen (secondary N) is 2. The normalized spacial score (nSPS) is 12.7. The van der Waals surface area contributed by atoms with E-state index in [1.807, 2.05) is 12.1 Å². The molecule has 1 aliphatic rings. The van der Waals surface area contributed by atoms with E-state index < -0.39 is 0 Å². The molecule has 7 heteroatoms. The molecule has 3 rings (SSSR count). The van der Waals surface area contributed by atoms with Gasteiger partial charge in [-0.1, -0.05) is 27.7 Å². The van der Waals surface area contributed by atoms with E-state index in [2.05, 4.69) is 53.1 Å². The summed E-state index contributed by atoms with van der Waals surface area (Å²) < 4.78 is 0. The van der Waals surface area contributed by atoms with E-state index in [9.17, 15) is 9.59 Å². The van der Waals surface area contributed by atoms with Gasteiger partial charge >= 0.3 is 0 Å². The second-order valence-corrected chi connectivity index (χ2v) is 9.53. The zero-order chi connectivity index (χ0) is 25.9. The van der Waals surface area contributed by atoms with Gasteiger partial charge in [-0.2, -0.15) is 0 Å². The molecule has 0 saturated heterocycles. The van der Waals surface area contributed by atoms with Gasteiger partial charge in [-0.25, -0.2) is 0 Å². The van der Waals surface area contributed by atoms with Gasteiger partial charge in [-0.05, 0) is 70.1 Å². The highest BCUT2D eigenvalue weighted by molar-refractivity contribution is 6.31. The summed E-state index contributed by atoms with van der Waals surface area (Å²) in [4.78, 5) is 36.2. The smallest absolute Gasteiger partial charge is 0.198 e. The van der Waals surface area contributed by atoms with Crippen LogP contribution in [0.15, 0.2) is 30.6 Å². The minimum atomic E-state index is -0.142. The van der Waals surface area contributed by atoms with Crippen LogP contribution in [0.5, 0.6) is 0 Å². The van der Waals surface area contributed by atoms with Crippen LogP contribution in [0.1, 0.15) is 85.2 Å². The Morgan fingerprint density at radius 2 is 1.08 bits per heavy atom. The van der Waals surface area contributed by atoms with Crippen LogP contribution in [0.4, 0.5) is 11.4 Å². The SMILES string of the molecule is CCCN(CCC)CCNc1ccc(NCCN(CCC)CCC)c2c1C(=O)c1ccncc1C2=O. The summed E-state index contributed by atoms with van der Waals surface area (Å²) >= 11 is 0. The van der Waals surface area contributed by atoms with Crippen LogP contribution in [0.2, 0.25) is 0 Å². The lowest BCUT2D eigenvalue weighted by atomic mass is 9.83. The quantitative estimate of drug-likeness (QED) is 0.293. The Hall–Kier alpha value is -2.77. The van der Waals surface area contributed by atoms with Gasteiger partial charge in [0.2, 0.25) is 0 Å². The van der Waals surface area contributed by atoms with Gasteiger partial charge in [0.05, 0.1) is 16.7 Å². The number of ketones is 2. The monoisotopic (exact) mass is 493 g/mol. The highest BCUT2D eigenvalue weighted by Crippen LogP contribution is 2.36. The lowest BCUT2D eigenvalue weighted by molar-refractivity contribution is 0.0980. The van der Waals surface area contributed by atoms with E-state index in [1.54, 1.807) is 12.3 Å². The molecule has 0 amide bonds. The molecule has 2 aromatic rings. The van der Waals surface area contributed by atoms with Crippen LogP contribution in [0.3, 0.4) is 0 Å². The summed E-state index contributed by atoms with van der Waals surface area (Å²) in [7, 11) is 0. The fraction of sp³-hybridized carbons (Fsp3) is 0.552. The predicted molar refractivity (Wildman–Crippen MR) is 149 cm³/mol. The average Bonchev–Trinajstić information content (AvgIpc) is 2.88. The number of fused-ring (bicyclic) bond motifs is 2. The molecule has 0 bridgehead atoms. The van der Waals surface area contributed by atoms with Gasteiger partial charge in [0.25, 0.3) is 0 Å². The number of aromatic nitrogens is 1. The van der Waals surface area contributed by atoms with Crippen molar-refractivity contribution in [1.82, 2.24) is 14.8 Å². The molecule has 0 radical (unpaired) electrons. The van der Waals surface area contributed by atoms with Gasteiger partial charge in [-0.3, -0.25) is 14.6 Å². The van der Waals surface area contributed by atoms with Crippen LogP contribution >= 0.6 is 0 Å². The molecule has 0 spiro atoms. The number of hydrogen-bond donors (Lipinski definition) is 2. The molecular formula is C29H43N5O2. The van der Waals surface area contributed by atoms with Crippen LogP contribution < -0.4 is 10.6 Å². The van der Waals surface area contributed by atoms with E-state index in [4.69, 9.17) is 0 Å². The Bertz CT molecular complexity index is 931. The second kappa shape index (κ2) is 14.1. The Morgan fingerprint density at radius 3 is 1.53 bits per heavy atom. The molecule has 0 saturated carbocycles. The fourth-order valence-corrected chi connectivity index (χ4v) is 5.04. The summed E-state index contributed by atoms with van der Waals surface area (Å²) in [6.07, 6.45) is 7.54. The largest absolute Gasteiger partial charge is 0.383 e. The number of benzene rings is 1. The average molecular weight is 494 g/mol. The van der Waals surface area contributed by atoms with Crippen LogP contribution in [0, 0.1) is 0 Å². The molecule has 0 fully saturated rings. The first-order valence-corrected chi connectivity index (χ1v) is 13.7. The molecule has 36 heavy (non-hydrogen) atoms. The first-order valence-electron chi connectivity index (χ1n) is 13.7. The predicted octanol–water partition coefficient (Wildman–Crippen LogP) is 4.92. The van der Waals surface area contributed by atoms with Crippen molar-refractivity contribution >= 4 is 22.9 Å². The maximum absolute atomic E-state index is 13.6. The number of pyridine rings is 1. The topological polar surface area (TPSA) is 77.6 Å². The fourth-order valence-electron chi connectivity index (χ4n) is 5.04. The molecular weight excluding hydrogens is 450 g/mol. The maximum atomic E-state index is 13.6. The number of anilines is 2. The van der Waals surface area contributed by atoms with Gasteiger partial charge in [0, 0.05) is 55.5 Å². The highest BCUT2D eigenvalue weighted by atomic mass is 16.1. The number of nitrogens with zero attached hydrogens (tertiary/aromatic N) is 3. The van der Waals surface area contributed by atoms with Gasteiger partial charge in [-0.15, -0.1) is 0 Å². The molecule has 1 aliphatic carbocycles. The minimum Gasteiger partial charge on any atom is -0.383 e. The molecule has 1 aromatic carbocycles. The van der Waals surface area contributed by atoms with E-state index in [0.717, 1.165) is 76.3 Å². The van der Waals surface area contributed by atoms with E-state index >= 15 is 0 Å². The molecule has 1 aromatic heterocycles. The third-order valence-electron chi connectivity index (χ3n) is 6.62. The molecule has 0 atom stereocenters. The summed E-state index contributed by atoms with van der Waals surface area (Å²) in [6.45, 7) is 16.2. The Kier molecular flexibility index (Phi) is 10.9. The molecule has 1 heterocycles. The lowest BCUT2D eigenvalue weighted by Crippen LogP contribution is -2.32. The number of carbonyl (C=O) groups excluding carboxylic acids is 2. The van der Waals surface area contributed by atoms with Crippen LogP contribution in [0.25, 0.3) is 0 Å². The first-order chi connectivity index (χ1) is 17.5. The second-order valence-electron chi connectivity index (χ2n) is 9.53. The molecule has 0 aliphatic heterocycles. The van der Waals surface area contributed by atoms with Crippen molar-refractivity contribution in [3.8, 4) is 0 Å². The Balaban J connectivity index is 1.86. The van der Waals surface area contributed by atoms with Crippen LogP contribution in [-0.2, 0) is 0 Å². The van der Waals surface area contributed by atoms with Crippen molar-refractivity contribution in [1.29, 1.82) is 0 Å². The van der Waals surface area contributed by atoms with E-state index in [-0.39, 0.29) is 11.6 Å². The summed E-state index contributed by atoms with van der Waals surface area (Å²) in [5.41, 5.74) is 3.18. The zero-order valence-electron chi connectivity index (χ0n) is 22.5. The molecule has 2 N–H and O–H groups in total. The van der Waals surface area contributed by atoms with Crippen molar-refractivity contribution < 1.29 is 9.59 Å². The first kappa shape index (κ1) is 27.8. The summed E-state index contributed by atoms with van der Waals surface area (Å²) in [6, 6.07) is 5.53. The highest BCUT2D eigenvalue weighted by Gasteiger charge is 2.34. The molecule has 0 unspecified atom stereocenters. The summed E-state index contributed by atoms with van der Waals surface area (Å²) in [5.74, 6) is -0.262. The third kappa shape index (κ3) is 6.71. The number of rotatable bonds is 16. The third-order valence-corrected chi connectivity index (χ3v) is 6.62.